The highest BCUT2D eigenvalue weighted by molar-refractivity contribution is 6.01. The van der Waals surface area contributed by atoms with Crippen LogP contribution in [0.5, 0.6) is 0 Å². The molecule has 1 fully saturated rings. The van der Waals surface area contributed by atoms with Gasteiger partial charge in [-0.25, -0.2) is 4.79 Å². The van der Waals surface area contributed by atoms with Crippen LogP contribution in [0.15, 0.2) is 24.3 Å². The average Bonchev–Trinajstić information content (AvgIpc) is 3.37. The van der Waals surface area contributed by atoms with Crippen LogP contribution in [-0.4, -0.2) is 37.0 Å². The van der Waals surface area contributed by atoms with Crippen LogP contribution >= 0.6 is 0 Å². The van der Waals surface area contributed by atoms with Gasteiger partial charge in [-0.15, -0.1) is 0 Å². The molecule has 1 aromatic carbocycles. The van der Waals surface area contributed by atoms with E-state index >= 15 is 0 Å². The molecule has 0 radical (unpaired) electrons. The van der Waals surface area contributed by atoms with Crippen LogP contribution in [0.4, 0.5) is 10.5 Å². The number of urea groups is 1. The van der Waals surface area contributed by atoms with Crippen LogP contribution in [0.1, 0.15) is 43.0 Å². The number of rotatable bonds is 8. The van der Waals surface area contributed by atoms with Crippen molar-refractivity contribution in [1.29, 1.82) is 0 Å². The van der Waals surface area contributed by atoms with Gasteiger partial charge in [0.15, 0.2) is 0 Å². The van der Waals surface area contributed by atoms with Crippen LogP contribution in [0.25, 0.3) is 0 Å². The fourth-order valence-electron chi connectivity index (χ4n) is 2.10. The number of nitrogens with one attached hydrogen (secondary N) is 4. The monoisotopic (exact) mass is 332 g/mol. The first-order chi connectivity index (χ1) is 11.6. The van der Waals surface area contributed by atoms with Crippen LogP contribution in [0.2, 0.25) is 0 Å². The quantitative estimate of drug-likeness (QED) is 0.544. The van der Waals surface area contributed by atoms with Crippen molar-refractivity contribution in [2.75, 3.05) is 18.4 Å². The molecule has 1 aliphatic rings. The fraction of sp³-hybridized carbons (Fsp3) is 0.471. The van der Waals surface area contributed by atoms with Crippen LogP contribution in [0.3, 0.4) is 0 Å². The number of benzene rings is 1. The lowest BCUT2D eigenvalue weighted by Gasteiger charge is -2.12. The third kappa shape index (κ3) is 5.91. The van der Waals surface area contributed by atoms with E-state index in [9.17, 15) is 14.4 Å². The second kappa shape index (κ2) is 8.90. The van der Waals surface area contributed by atoms with Crippen LogP contribution in [0, 0.1) is 0 Å². The van der Waals surface area contributed by atoms with Gasteiger partial charge in [0.05, 0.1) is 12.1 Å². The number of carbonyl (C=O) groups excluding carboxylic acids is 3. The molecule has 0 aromatic heterocycles. The number of unbranched alkanes of at least 4 members (excludes halogenated alkanes) is 1. The first kappa shape index (κ1) is 17.8. The molecular formula is C17H24N4O3. The molecular weight excluding hydrogens is 308 g/mol. The lowest BCUT2D eigenvalue weighted by Crippen LogP contribution is -2.42. The van der Waals surface area contributed by atoms with Gasteiger partial charge in [0.25, 0.3) is 5.91 Å². The summed E-state index contributed by atoms with van der Waals surface area (Å²) in [6.45, 7) is 2.47. The summed E-state index contributed by atoms with van der Waals surface area (Å²) in [4.78, 5) is 35.5. The van der Waals surface area contributed by atoms with E-state index in [1.165, 1.54) is 0 Å². The first-order valence-corrected chi connectivity index (χ1v) is 8.31. The normalized spacial score (nSPS) is 13.0. The van der Waals surface area contributed by atoms with Crippen LogP contribution in [-0.2, 0) is 4.79 Å². The van der Waals surface area contributed by atoms with E-state index in [1.54, 1.807) is 24.3 Å². The molecule has 0 spiro atoms. The Bertz CT molecular complexity index is 599. The van der Waals surface area contributed by atoms with E-state index in [1.807, 2.05) is 6.92 Å². The number of hydrogen-bond donors (Lipinski definition) is 4. The molecule has 24 heavy (non-hydrogen) atoms. The van der Waals surface area contributed by atoms with Crippen molar-refractivity contribution in [2.24, 2.45) is 0 Å². The van der Waals surface area contributed by atoms with Crippen molar-refractivity contribution in [1.82, 2.24) is 16.0 Å². The van der Waals surface area contributed by atoms with E-state index < -0.39 is 11.9 Å². The Labute approximate surface area is 141 Å². The Kier molecular flexibility index (Phi) is 6.60. The standard InChI is InChI=1S/C17H24N4O3/c1-2-3-10-18-17(24)21-15(22)11-19-14-7-5-4-6-13(14)16(23)20-12-8-9-12/h4-7,12,19H,2-3,8-11H2,1H3,(H,20,23)(H2,18,21,22,24). The third-order valence-corrected chi connectivity index (χ3v) is 3.59. The number of carbonyl (C=O) groups is 3. The first-order valence-electron chi connectivity index (χ1n) is 8.31. The summed E-state index contributed by atoms with van der Waals surface area (Å²) in [5, 5.41) is 10.7. The summed E-state index contributed by atoms with van der Waals surface area (Å²) >= 11 is 0. The molecule has 4 amide bonds. The maximum atomic E-state index is 12.2. The molecule has 0 unspecified atom stereocenters. The molecule has 1 saturated carbocycles. The second-order valence-electron chi connectivity index (χ2n) is 5.80. The minimum absolute atomic E-state index is 0.0884. The third-order valence-electron chi connectivity index (χ3n) is 3.59. The van der Waals surface area contributed by atoms with E-state index in [4.69, 9.17) is 0 Å². The minimum atomic E-state index is -0.505. The lowest BCUT2D eigenvalue weighted by atomic mass is 10.1. The summed E-state index contributed by atoms with van der Waals surface area (Å²) in [5.74, 6) is -0.611. The number of hydrogen-bond acceptors (Lipinski definition) is 4. The predicted octanol–water partition coefficient (Wildman–Crippen LogP) is 1.62. The zero-order valence-electron chi connectivity index (χ0n) is 13.9. The van der Waals surface area contributed by atoms with Gasteiger partial charge in [0, 0.05) is 18.3 Å². The SMILES string of the molecule is CCCCNC(=O)NC(=O)CNc1ccccc1C(=O)NC1CC1. The molecule has 130 valence electrons. The van der Waals surface area contributed by atoms with Crippen molar-refractivity contribution in [3.63, 3.8) is 0 Å². The maximum Gasteiger partial charge on any atom is 0.321 e. The molecule has 1 aromatic rings. The van der Waals surface area contributed by atoms with Crippen molar-refractivity contribution in [2.45, 2.75) is 38.6 Å². The van der Waals surface area contributed by atoms with Gasteiger partial charge in [-0.1, -0.05) is 25.5 Å². The van der Waals surface area contributed by atoms with Crippen molar-refractivity contribution < 1.29 is 14.4 Å². The highest BCUT2D eigenvalue weighted by Gasteiger charge is 2.24. The van der Waals surface area contributed by atoms with Crippen molar-refractivity contribution in [3.8, 4) is 0 Å². The average molecular weight is 332 g/mol. The van der Waals surface area contributed by atoms with Crippen molar-refractivity contribution in [3.05, 3.63) is 29.8 Å². The van der Waals surface area contributed by atoms with Gasteiger partial charge in [-0.3, -0.25) is 14.9 Å². The van der Waals surface area contributed by atoms with Gasteiger partial charge in [0.1, 0.15) is 0 Å². The molecule has 0 saturated heterocycles. The Morgan fingerprint density at radius 3 is 2.62 bits per heavy atom. The summed E-state index contributed by atoms with van der Waals surface area (Å²) in [6, 6.07) is 6.75. The molecule has 0 bridgehead atoms. The van der Waals surface area contributed by atoms with Gasteiger partial charge in [-0.05, 0) is 31.4 Å². The molecule has 2 rings (SSSR count). The van der Waals surface area contributed by atoms with E-state index in [2.05, 4.69) is 21.3 Å². The molecule has 7 nitrogen and oxygen atoms in total. The zero-order chi connectivity index (χ0) is 17.4. The minimum Gasteiger partial charge on any atom is -0.375 e. The highest BCUT2D eigenvalue weighted by Crippen LogP contribution is 2.21. The van der Waals surface area contributed by atoms with Gasteiger partial charge < -0.3 is 16.0 Å². The predicted molar refractivity (Wildman–Crippen MR) is 91.9 cm³/mol. The van der Waals surface area contributed by atoms with E-state index in [-0.39, 0.29) is 18.5 Å². The van der Waals surface area contributed by atoms with Crippen molar-refractivity contribution >= 4 is 23.5 Å². The summed E-state index contributed by atoms with van der Waals surface area (Å²) < 4.78 is 0. The summed E-state index contributed by atoms with van der Waals surface area (Å²) in [7, 11) is 0. The van der Waals surface area contributed by atoms with Gasteiger partial charge in [-0.2, -0.15) is 0 Å². The van der Waals surface area contributed by atoms with E-state index in [0.717, 1.165) is 25.7 Å². The number of imide groups is 1. The molecule has 0 heterocycles. The Balaban J connectivity index is 1.81. The molecule has 4 N–H and O–H groups in total. The molecule has 7 heteroatoms. The number of anilines is 1. The molecule has 0 aliphatic heterocycles. The zero-order valence-corrected chi connectivity index (χ0v) is 13.9. The largest absolute Gasteiger partial charge is 0.375 e. The second-order valence-corrected chi connectivity index (χ2v) is 5.80. The van der Waals surface area contributed by atoms with Gasteiger partial charge in [0.2, 0.25) is 5.91 Å². The maximum absolute atomic E-state index is 12.2. The fourth-order valence-corrected chi connectivity index (χ4v) is 2.10. The highest BCUT2D eigenvalue weighted by atomic mass is 16.2. The lowest BCUT2D eigenvalue weighted by molar-refractivity contribution is -0.118. The van der Waals surface area contributed by atoms with Gasteiger partial charge >= 0.3 is 6.03 Å². The Hall–Kier alpha value is -2.57. The Morgan fingerprint density at radius 2 is 1.92 bits per heavy atom. The molecule has 0 atom stereocenters. The molecule has 1 aliphatic carbocycles. The smallest absolute Gasteiger partial charge is 0.321 e. The number of amides is 4. The van der Waals surface area contributed by atoms with E-state index in [0.29, 0.717) is 17.8 Å². The number of para-hydroxylation sites is 1. The topological polar surface area (TPSA) is 99.3 Å². The van der Waals surface area contributed by atoms with Crippen LogP contribution < -0.4 is 21.3 Å². The summed E-state index contributed by atoms with van der Waals surface area (Å²) in [6.07, 6.45) is 3.85. The Morgan fingerprint density at radius 1 is 1.17 bits per heavy atom. The summed E-state index contributed by atoms with van der Waals surface area (Å²) in [5.41, 5.74) is 1.06.